The minimum absolute atomic E-state index is 0.0162. The van der Waals surface area contributed by atoms with Gasteiger partial charge >= 0.3 is 6.03 Å². The summed E-state index contributed by atoms with van der Waals surface area (Å²) in [5.41, 5.74) is 0.415. The van der Waals surface area contributed by atoms with Gasteiger partial charge in [-0.2, -0.15) is 0 Å². The molecule has 1 aromatic carbocycles. The molecule has 0 bridgehead atoms. The smallest absolute Gasteiger partial charge is 0.322 e. The minimum Gasteiger partial charge on any atom is -0.494 e. The van der Waals surface area contributed by atoms with E-state index in [1.165, 1.54) is 25.3 Å². The highest BCUT2D eigenvalue weighted by atomic mass is 19.1. The summed E-state index contributed by atoms with van der Waals surface area (Å²) in [4.78, 5) is 25.5. The van der Waals surface area contributed by atoms with Crippen LogP contribution in [0.2, 0.25) is 0 Å². The zero-order valence-electron chi connectivity index (χ0n) is 13.4. The second-order valence-corrected chi connectivity index (χ2v) is 5.48. The Kier molecular flexibility index (Phi) is 5.78. The third kappa shape index (κ3) is 4.58. The number of ether oxygens (including phenoxy) is 1. The number of urea groups is 1. The molecule has 0 saturated carbocycles. The summed E-state index contributed by atoms with van der Waals surface area (Å²) < 4.78 is 18.3. The summed E-state index contributed by atoms with van der Waals surface area (Å²) in [5, 5.41) is 5.64. The van der Waals surface area contributed by atoms with E-state index < -0.39 is 5.82 Å². The Morgan fingerprint density at radius 2 is 2.22 bits per heavy atom. The number of halogens is 1. The lowest BCUT2D eigenvalue weighted by atomic mass is 10.1. The van der Waals surface area contributed by atoms with Crippen molar-refractivity contribution in [2.24, 2.45) is 0 Å². The van der Waals surface area contributed by atoms with Gasteiger partial charge in [-0.15, -0.1) is 0 Å². The van der Waals surface area contributed by atoms with Crippen LogP contribution >= 0.6 is 0 Å². The Labute approximate surface area is 135 Å². The Bertz CT molecular complexity index is 580. The van der Waals surface area contributed by atoms with Gasteiger partial charge in [-0.1, -0.05) is 6.92 Å². The fourth-order valence-corrected chi connectivity index (χ4v) is 2.57. The largest absolute Gasteiger partial charge is 0.494 e. The van der Waals surface area contributed by atoms with Crippen LogP contribution in [-0.4, -0.2) is 43.1 Å². The summed E-state index contributed by atoms with van der Waals surface area (Å²) in [7, 11) is 1.42. The second-order valence-electron chi connectivity index (χ2n) is 5.48. The maximum absolute atomic E-state index is 13.2. The van der Waals surface area contributed by atoms with Crippen molar-refractivity contribution in [1.82, 2.24) is 10.2 Å². The van der Waals surface area contributed by atoms with Crippen molar-refractivity contribution < 1.29 is 18.7 Å². The lowest BCUT2D eigenvalue weighted by Crippen LogP contribution is -2.50. The molecule has 1 aromatic rings. The molecule has 1 aliphatic rings. The van der Waals surface area contributed by atoms with Gasteiger partial charge in [-0.25, -0.2) is 9.18 Å². The number of rotatable bonds is 4. The van der Waals surface area contributed by atoms with E-state index in [4.69, 9.17) is 4.74 Å². The first-order valence-electron chi connectivity index (χ1n) is 7.72. The van der Waals surface area contributed by atoms with Crippen molar-refractivity contribution >= 4 is 17.6 Å². The molecular formula is C16H22FN3O3. The van der Waals surface area contributed by atoms with Crippen LogP contribution in [0.25, 0.3) is 0 Å². The summed E-state index contributed by atoms with van der Waals surface area (Å²) in [6.45, 7) is 2.87. The molecule has 2 rings (SSSR count). The molecule has 0 radical (unpaired) electrons. The second kappa shape index (κ2) is 7.80. The van der Waals surface area contributed by atoms with Crippen molar-refractivity contribution in [2.45, 2.75) is 32.2 Å². The predicted molar refractivity (Wildman–Crippen MR) is 85.0 cm³/mol. The number of anilines is 1. The van der Waals surface area contributed by atoms with Gasteiger partial charge in [0.15, 0.2) is 0 Å². The topological polar surface area (TPSA) is 70.7 Å². The van der Waals surface area contributed by atoms with Crippen LogP contribution in [0.15, 0.2) is 18.2 Å². The predicted octanol–water partition coefficient (Wildman–Crippen LogP) is 2.36. The van der Waals surface area contributed by atoms with Gasteiger partial charge in [0.1, 0.15) is 11.6 Å². The standard InChI is InChI=1S/C16H22FN3O3/c1-3-15(21)18-12-5-4-8-20(10-12)16(22)19-13-7-6-11(17)9-14(13)23-2/h6-7,9,12H,3-5,8,10H2,1-2H3,(H,18,21)(H,19,22). The minimum atomic E-state index is -0.430. The van der Waals surface area contributed by atoms with Crippen molar-refractivity contribution in [2.75, 3.05) is 25.5 Å². The number of piperidine rings is 1. The van der Waals surface area contributed by atoms with E-state index >= 15 is 0 Å². The molecule has 1 aliphatic heterocycles. The lowest BCUT2D eigenvalue weighted by Gasteiger charge is -2.33. The number of hydrogen-bond donors (Lipinski definition) is 2. The first-order valence-corrected chi connectivity index (χ1v) is 7.72. The number of carbonyl (C=O) groups excluding carboxylic acids is 2. The monoisotopic (exact) mass is 323 g/mol. The van der Waals surface area contributed by atoms with Crippen LogP contribution in [0.1, 0.15) is 26.2 Å². The molecule has 1 fully saturated rings. The van der Waals surface area contributed by atoms with Crippen LogP contribution in [-0.2, 0) is 4.79 Å². The van der Waals surface area contributed by atoms with Gasteiger partial charge < -0.3 is 20.3 Å². The Morgan fingerprint density at radius 3 is 2.91 bits per heavy atom. The molecule has 0 aromatic heterocycles. The number of carbonyl (C=O) groups is 2. The first-order chi connectivity index (χ1) is 11.0. The zero-order valence-corrected chi connectivity index (χ0v) is 13.4. The van der Waals surface area contributed by atoms with Gasteiger partial charge in [0, 0.05) is 31.6 Å². The van der Waals surface area contributed by atoms with Gasteiger partial charge in [-0.05, 0) is 25.0 Å². The summed E-state index contributed by atoms with van der Waals surface area (Å²) in [6, 6.07) is 3.63. The van der Waals surface area contributed by atoms with Crippen LogP contribution in [0.3, 0.4) is 0 Å². The fourth-order valence-electron chi connectivity index (χ4n) is 2.57. The normalized spacial score (nSPS) is 17.5. The van der Waals surface area contributed by atoms with E-state index in [0.717, 1.165) is 12.8 Å². The molecule has 3 amide bonds. The van der Waals surface area contributed by atoms with E-state index in [1.807, 2.05) is 0 Å². The highest BCUT2D eigenvalue weighted by molar-refractivity contribution is 5.91. The number of benzene rings is 1. The van der Waals surface area contributed by atoms with Crippen molar-refractivity contribution in [3.05, 3.63) is 24.0 Å². The Hall–Kier alpha value is -2.31. The van der Waals surface area contributed by atoms with E-state index in [0.29, 0.717) is 25.2 Å². The number of likely N-dealkylation sites (tertiary alicyclic amines) is 1. The van der Waals surface area contributed by atoms with Crippen molar-refractivity contribution in [1.29, 1.82) is 0 Å². The number of nitrogens with zero attached hydrogens (tertiary/aromatic N) is 1. The van der Waals surface area contributed by atoms with Gasteiger partial charge in [0.25, 0.3) is 0 Å². The van der Waals surface area contributed by atoms with Crippen LogP contribution < -0.4 is 15.4 Å². The van der Waals surface area contributed by atoms with E-state index in [1.54, 1.807) is 11.8 Å². The highest BCUT2D eigenvalue weighted by Crippen LogP contribution is 2.25. The first kappa shape index (κ1) is 17.1. The molecule has 6 nitrogen and oxygen atoms in total. The maximum atomic E-state index is 13.2. The molecule has 1 saturated heterocycles. The van der Waals surface area contributed by atoms with Crippen molar-refractivity contribution in [3.8, 4) is 5.75 Å². The molecule has 0 spiro atoms. The molecule has 23 heavy (non-hydrogen) atoms. The highest BCUT2D eigenvalue weighted by Gasteiger charge is 2.25. The van der Waals surface area contributed by atoms with Crippen LogP contribution in [0.4, 0.5) is 14.9 Å². The quantitative estimate of drug-likeness (QED) is 0.893. The Morgan fingerprint density at radius 1 is 1.43 bits per heavy atom. The number of methoxy groups -OCH3 is 1. The van der Waals surface area contributed by atoms with Crippen LogP contribution in [0, 0.1) is 5.82 Å². The summed E-state index contributed by atoms with van der Waals surface area (Å²) >= 11 is 0. The molecule has 126 valence electrons. The number of hydrogen-bond acceptors (Lipinski definition) is 3. The molecular weight excluding hydrogens is 301 g/mol. The molecule has 2 N–H and O–H groups in total. The van der Waals surface area contributed by atoms with E-state index in [-0.39, 0.29) is 23.7 Å². The third-order valence-electron chi connectivity index (χ3n) is 3.80. The average Bonchev–Trinajstić information content (AvgIpc) is 2.56. The number of amides is 3. The van der Waals surface area contributed by atoms with E-state index in [2.05, 4.69) is 10.6 Å². The fraction of sp³-hybridized carbons (Fsp3) is 0.500. The molecule has 1 unspecified atom stereocenters. The van der Waals surface area contributed by atoms with Gasteiger partial charge in [0.05, 0.1) is 12.8 Å². The maximum Gasteiger partial charge on any atom is 0.322 e. The van der Waals surface area contributed by atoms with E-state index in [9.17, 15) is 14.0 Å². The third-order valence-corrected chi connectivity index (χ3v) is 3.80. The van der Waals surface area contributed by atoms with Gasteiger partial charge in [0.2, 0.25) is 5.91 Å². The zero-order chi connectivity index (χ0) is 16.8. The number of nitrogens with one attached hydrogen (secondary N) is 2. The summed E-state index contributed by atoms with van der Waals surface area (Å²) in [5.74, 6) is -0.177. The SMILES string of the molecule is CCC(=O)NC1CCCN(C(=O)Nc2ccc(F)cc2OC)C1. The molecule has 1 atom stereocenters. The molecule has 0 aliphatic carbocycles. The van der Waals surface area contributed by atoms with Gasteiger partial charge in [-0.3, -0.25) is 4.79 Å². The lowest BCUT2D eigenvalue weighted by molar-refractivity contribution is -0.121. The molecule has 7 heteroatoms. The molecule has 1 heterocycles. The Balaban J connectivity index is 1.99. The average molecular weight is 323 g/mol. The van der Waals surface area contributed by atoms with Crippen LogP contribution in [0.5, 0.6) is 5.75 Å². The van der Waals surface area contributed by atoms with Crippen molar-refractivity contribution in [3.63, 3.8) is 0 Å². The summed E-state index contributed by atoms with van der Waals surface area (Å²) in [6.07, 6.45) is 2.10.